The average molecular weight is 234 g/mol. The minimum atomic E-state index is -1.19. The Morgan fingerprint density at radius 2 is 1.67 bits per heavy atom. The van der Waals surface area contributed by atoms with Crippen LogP contribution in [0.5, 0.6) is 0 Å². The third-order valence-corrected chi connectivity index (χ3v) is 2.91. The third kappa shape index (κ3) is 7.78. The summed E-state index contributed by atoms with van der Waals surface area (Å²) in [5, 5.41) is 0. The molecule has 0 saturated carbocycles. The van der Waals surface area contributed by atoms with E-state index in [9.17, 15) is 0 Å². The lowest BCUT2D eigenvalue weighted by atomic mass is 10.2. The maximum absolute atomic E-state index is 5.69. The van der Waals surface area contributed by atoms with Crippen molar-refractivity contribution in [3.05, 3.63) is 11.8 Å². The van der Waals surface area contributed by atoms with Gasteiger partial charge in [0.05, 0.1) is 13.2 Å². The van der Waals surface area contributed by atoms with Crippen molar-refractivity contribution in [1.82, 2.24) is 0 Å². The summed E-state index contributed by atoms with van der Waals surface area (Å²) in [7, 11) is -1.19. The van der Waals surface area contributed by atoms with E-state index in [2.05, 4.69) is 19.9 Å². The van der Waals surface area contributed by atoms with Crippen LogP contribution in [-0.2, 0) is 13.6 Å². The van der Waals surface area contributed by atoms with Gasteiger partial charge in [0, 0.05) is 6.42 Å². The molecule has 0 aliphatic heterocycles. The van der Waals surface area contributed by atoms with Gasteiger partial charge in [-0.1, -0.05) is 13.8 Å². The quantitative estimate of drug-likeness (QED) is 0.437. The summed E-state index contributed by atoms with van der Waals surface area (Å²) in [6, 6.07) is 0. The summed E-state index contributed by atoms with van der Waals surface area (Å²) in [6.45, 7) is 9.37. The molecule has 15 heavy (non-hydrogen) atoms. The van der Waals surface area contributed by atoms with E-state index in [4.69, 9.17) is 13.6 Å². The second-order valence-electron chi connectivity index (χ2n) is 2.98. The molecular formula is C11H23O3P. The van der Waals surface area contributed by atoms with Crippen molar-refractivity contribution in [2.24, 2.45) is 0 Å². The fourth-order valence-corrected chi connectivity index (χ4v) is 2.01. The van der Waals surface area contributed by atoms with Gasteiger partial charge in [-0.25, -0.2) is 0 Å². The molecule has 0 amide bonds. The number of hydrogen-bond donors (Lipinski definition) is 0. The summed E-state index contributed by atoms with van der Waals surface area (Å²) in [5.74, 6) is 0.994. The SMILES string of the molecule is CC/C=C(\CCC)OP(OCC)OCC. The van der Waals surface area contributed by atoms with Crippen LogP contribution in [0.15, 0.2) is 11.8 Å². The van der Waals surface area contributed by atoms with Crippen LogP contribution in [0.3, 0.4) is 0 Å². The predicted molar refractivity (Wildman–Crippen MR) is 64.5 cm³/mol. The Hall–Kier alpha value is -0.110. The highest BCUT2D eigenvalue weighted by Gasteiger charge is 2.13. The van der Waals surface area contributed by atoms with E-state index in [-0.39, 0.29) is 0 Å². The first-order valence-electron chi connectivity index (χ1n) is 5.71. The molecule has 0 aliphatic carbocycles. The van der Waals surface area contributed by atoms with E-state index in [0.29, 0.717) is 13.2 Å². The van der Waals surface area contributed by atoms with Crippen molar-refractivity contribution < 1.29 is 13.6 Å². The van der Waals surface area contributed by atoms with Gasteiger partial charge in [-0.05, 0) is 32.8 Å². The van der Waals surface area contributed by atoms with Gasteiger partial charge in [-0.2, -0.15) is 0 Å². The molecule has 0 saturated heterocycles. The molecule has 0 aromatic rings. The Bertz CT molecular complexity index is 165. The molecule has 90 valence electrons. The molecule has 0 N–H and O–H groups in total. The molecule has 3 nitrogen and oxygen atoms in total. The second-order valence-corrected chi connectivity index (χ2v) is 4.13. The van der Waals surface area contributed by atoms with Crippen LogP contribution in [0.1, 0.15) is 47.0 Å². The fraction of sp³-hybridized carbons (Fsp3) is 0.818. The van der Waals surface area contributed by atoms with E-state index in [1.165, 1.54) is 0 Å². The molecule has 0 heterocycles. The van der Waals surface area contributed by atoms with Crippen LogP contribution < -0.4 is 0 Å². The second kappa shape index (κ2) is 10.4. The largest absolute Gasteiger partial charge is 0.432 e. The first-order chi connectivity index (χ1) is 7.28. The van der Waals surface area contributed by atoms with Crippen LogP contribution >= 0.6 is 8.60 Å². The summed E-state index contributed by atoms with van der Waals surface area (Å²) in [4.78, 5) is 0. The van der Waals surface area contributed by atoms with Crippen LogP contribution in [0.2, 0.25) is 0 Å². The van der Waals surface area contributed by atoms with Gasteiger partial charge >= 0.3 is 8.60 Å². The molecular weight excluding hydrogens is 211 g/mol. The van der Waals surface area contributed by atoms with Gasteiger partial charge in [-0.15, -0.1) is 0 Å². The van der Waals surface area contributed by atoms with Crippen LogP contribution in [0.4, 0.5) is 0 Å². The van der Waals surface area contributed by atoms with Crippen molar-refractivity contribution in [3.8, 4) is 0 Å². The zero-order valence-electron chi connectivity index (χ0n) is 10.3. The zero-order valence-corrected chi connectivity index (χ0v) is 11.2. The maximum Gasteiger partial charge on any atom is 0.396 e. The molecule has 0 rings (SSSR count). The maximum atomic E-state index is 5.69. The molecule has 0 radical (unpaired) electrons. The topological polar surface area (TPSA) is 27.7 Å². The van der Waals surface area contributed by atoms with Gasteiger partial charge in [0.2, 0.25) is 0 Å². The Balaban J connectivity index is 4.12. The first kappa shape index (κ1) is 14.9. The Morgan fingerprint density at radius 1 is 1.07 bits per heavy atom. The molecule has 0 spiro atoms. The molecule has 0 bridgehead atoms. The molecule has 0 aromatic heterocycles. The minimum absolute atomic E-state index is 0.622. The molecule has 0 aliphatic rings. The molecule has 0 unspecified atom stereocenters. The molecule has 4 heteroatoms. The van der Waals surface area contributed by atoms with E-state index in [1.807, 2.05) is 13.8 Å². The lowest BCUT2D eigenvalue weighted by Gasteiger charge is -2.17. The summed E-state index contributed by atoms with van der Waals surface area (Å²) < 4.78 is 16.5. The summed E-state index contributed by atoms with van der Waals surface area (Å²) in [6.07, 6.45) is 5.10. The predicted octanol–water partition coefficient (Wildman–Crippen LogP) is 4.40. The minimum Gasteiger partial charge on any atom is -0.432 e. The van der Waals surface area contributed by atoms with Gasteiger partial charge in [0.15, 0.2) is 0 Å². The van der Waals surface area contributed by atoms with Crippen molar-refractivity contribution in [1.29, 1.82) is 0 Å². The standard InChI is InChI=1S/C11H23O3P/c1-5-9-11(10-6-2)14-15(12-7-3)13-8-4/h9H,5-8,10H2,1-4H3/b11-9+. The highest BCUT2D eigenvalue weighted by Crippen LogP contribution is 2.42. The third-order valence-electron chi connectivity index (χ3n) is 1.59. The number of hydrogen-bond acceptors (Lipinski definition) is 3. The fourth-order valence-electron chi connectivity index (χ4n) is 1.06. The smallest absolute Gasteiger partial charge is 0.396 e. The Labute approximate surface area is 94.8 Å². The van der Waals surface area contributed by atoms with Crippen LogP contribution in [-0.4, -0.2) is 13.2 Å². The molecule has 0 aromatic carbocycles. The molecule has 0 atom stereocenters. The number of allylic oxidation sites excluding steroid dienone is 2. The highest BCUT2D eigenvalue weighted by atomic mass is 31.2. The summed E-state index contributed by atoms with van der Waals surface area (Å²) >= 11 is 0. The van der Waals surface area contributed by atoms with Crippen LogP contribution in [0, 0.1) is 0 Å². The van der Waals surface area contributed by atoms with Gasteiger partial charge < -0.3 is 13.6 Å². The molecule has 0 fully saturated rings. The lowest BCUT2D eigenvalue weighted by Crippen LogP contribution is -1.96. The summed E-state index contributed by atoms with van der Waals surface area (Å²) in [5.41, 5.74) is 0. The Kier molecular flexibility index (Phi) is 10.3. The normalized spacial score (nSPS) is 12.2. The van der Waals surface area contributed by atoms with Gasteiger partial charge in [-0.3, -0.25) is 0 Å². The average Bonchev–Trinajstić information content (AvgIpc) is 2.19. The van der Waals surface area contributed by atoms with Crippen LogP contribution in [0.25, 0.3) is 0 Å². The van der Waals surface area contributed by atoms with E-state index >= 15 is 0 Å². The zero-order chi connectivity index (χ0) is 11.5. The lowest BCUT2D eigenvalue weighted by molar-refractivity contribution is 0.194. The van der Waals surface area contributed by atoms with E-state index < -0.39 is 8.60 Å². The van der Waals surface area contributed by atoms with Crippen molar-refractivity contribution in [2.75, 3.05) is 13.2 Å². The Morgan fingerprint density at radius 3 is 2.07 bits per heavy atom. The van der Waals surface area contributed by atoms with E-state index in [1.54, 1.807) is 0 Å². The van der Waals surface area contributed by atoms with Crippen molar-refractivity contribution >= 4 is 8.60 Å². The van der Waals surface area contributed by atoms with Gasteiger partial charge in [0.25, 0.3) is 0 Å². The first-order valence-corrected chi connectivity index (χ1v) is 6.80. The van der Waals surface area contributed by atoms with Crippen molar-refractivity contribution in [3.63, 3.8) is 0 Å². The van der Waals surface area contributed by atoms with Gasteiger partial charge in [0.1, 0.15) is 5.76 Å². The van der Waals surface area contributed by atoms with Crippen molar-refractivity contribution in [2.45, 2.75) is 47.0 Å². The number of rotatable bonds is 9. The monoisotopic (exact) mass is 234 g/mol. The van der Waals surface area contributed by atoms with E-state index in [0.717, 1.165) is 25.0 Å². The highest BCUT2D eigenvalue weighted by molar-refractivity contribution is 7.41.